The Labute approximate surface area is 154 Å². The maximum atomic E-state index is 12.6. The van der Waals surface area contributed by atoms with Crippen LogP contribution in [0.4, 0.5) is 5.82 Å². The first kappa shape index (κ1) is 17.2. The van der Waals surface area contributed by atoms with E-state index in [1.165, 1.54) is 12.8 Å². The minimum atomic E-state index is 0.299. The molecular formula is C20H27N5O. The number of anilines is 1. The van der Waals surface area contributed by atoms with Gasteiger partial charge in [-0.05, 0) is 25.0 Å². The number of para-hydroxylation sites is 1. The van der Waals surface area contributed by atoms with Crippen LogP contribution in [0.3, 0.4) is 0 Å². The van der Waals surface area contributed by atoms with E-state index in [1.807, 2.05) is 18.2 Å². The summed E-state index contributed by atoms with van der Waals surface area (Å²) in [5, 5.41) is 1.10. The minimum Gasteiger partial charge on any atom is -0.353 e. The summed E-state index contributed by atoms with van der Waals surface area (Å²) in [5.41, 5.74) is 0.983. The monoisotopic (exact) mass is 353 g/mol. The number of likely N-dealkylation sites (tertiary alicyclic amines) is 1. The topological polar surface area (TPSA) is 52.6 Å². The van der Waals surface area contributed by atoms with Crippen LogP contribution in [-0.2, 0) is 4.79 Å². The van der Waals surface area contributed by atoms with Crippen molar-refractivity contribution in [3.8, 4) is 0 Å². The van der Waals surface area contributed by atoms with Gasteiger partial charge in [0.1, 0.15) is 12.1 Å². The molecule has 4 rings (SSSR count). The van der Waals surface area contributed by atoms with Gasteiger partial charge < -0.3 is 9.80 Å². The normalized spacial score (nSPS) is 19.5. The molecule has 2 fully saturated rings. The van der Waals surface area contributed by atoms with Crippen molar-refractivity contribution in [2.24, 2.45) is 0 Å². The van der Waals surface area contributed by atoms with Gasteiger partial charge in [0.2, 0.25) is 5.91 Å². The second-order valence-corrected chi connectivity index (χ2v) is 7.27. The van der Waals surface area contributed by atoms with Crippen LogP contribution in [0.1, 0.15) is 25.7 Å². The van der Waals surface area contributed by atoms with Crippen molar-refractivity contribution in [3.63, 3.8) is 0 Å². The Morgan fingerprint density at radius 1 is 0.885 bits per heavy atom. The van der Waals surface area contributed by atoms with Crippen LogP contribution >= 0.6 is 0 Å². The molecular weight excluding hydrogens is 326 g/mol. The van der Waals surface area contributed by atoms with Gasteiger partial charge >= 0.3 is 0 Å². The largest absolute Gasteiger partial charge is 0.353 e. The molecule has 26 heavy (non-hydrogen) atoms. The van der Waals surface area contributed by atoms with Crippen LogP contribution in [0.5, 0.6) is 0 Å². The molecule has 0 aliphatic carbocycles. The van der Waals surface area contributed by atoms with E-state index in [-0.39, 0.29) is 0 Å². The molecule has 0 atom stereocenters. The Morgan fingerprint density at radius 2 is 1.62 bits per heavy atom. The van der Waals surface area contributed by atoms with Gasteiger partial charge in [0.05, 0.1) is 12.1 Å². The highest BCUT2D eigenvalue weighted by atomic mass is 16.2. The number of benzene rings is 1. The van der Waals surface area contributed by atoms with Gasteiger partial charge in [0.15, 0.2) is 0 Å². The predicted molar refractivity (Wildman–Crippen MR) is 103 cm³/mol. The van der Waals surface area contributed by atoms with Crippen LogP contribution in [-0.4, -0.2) is 71.5 Å². The van der Waals surface area contributed by atoms with Crippen LogP contribution < -0.4 is 4.90 Å². The molecule has 1 amide bonds. The van der Waals surface area contributed by atoms with E-state index in [2.05, 4.69) is 30.7 Å². The zero-order valence-electron chi connectivity index (χ0n) is 15.3. The number of carbonyl (C=O) groups excluding carboxylic acids is 1. The van der Waals surface area contributed by atoms with E-state index >= 15 is 0 Å². The Balaban J connectivity index is 1.36. The summed E-state index contributed by atoms with van der Waals surface area (Å²) in [7, 11) is 0. The molecule has 2 aromatic rings. The summed E-state index contributed by atoms with van der Waals surface area (Å²) in [6.45, 7) is 6.02. The van der Waals surface area contributed by atoms with Crippen molar-refractivity contribution in [2.45, 2.75) is 25.7 Å². The van der Waals surface area contributed by atoms with E-state index < -0.39 is 0 Å². The highest BCUT2D eigenvalue weighted by Gasteiger charge is 2.23. The number of fused-ring (bicyclic) bond motifs is 1. The van der Waals surface area contributed by atoms with Crippen LogP contribution in [0, 0.1) is 0 Å². The van der Waals surface area contributed by atoms with E-state index in [9.17, 15) is 4.79 Å². The molecule has 0 saturated carbocycles. The average molecular weight is 353 g/mol. The number of hydrogen-bond donors (Lipinski definition) is 0. The fraction of sp³-hybridized carbons (Fsp3) is 0.550. The highest BCUT2D eigenvalue weighted by molar-refractivity contribution is 5.89. The molecule has 2 aliphatic rings. The van der Waals surface area contributed by atoms with E-state index in [0.717, 1.165) is 68.8 Å². The SMILES string of the molecule is O=C(CN1CCN(c2ncnc3ccccc23)CC1)N1CCCCCC1. The predicted octanol–water partition coefficient (Wildman–Crippen LogP) is 2.15. The van der Waals surface area contributed by atoms with Crippen molar-refractivity contribution >= 4 is 22.6 Å². The third-order valence-electron chi connectivity index (χ3n) is 5.51. The third-order valence-corrected chi connectivity index (χ3v) is 5.51. The number of carbonyl (C=O) groups is 1. The fourth-order valence-corrected chi connectivity index (χ4v) is 3.97. The number of piperazine rings is 1. The van der Waals surface area contributed by atoms with Gasteiger partial charge in [0, 0.05) is 44.7 Å². The molecule has 1 aromatic heterocycles. The van der Waals surface area contributed by atoms with Gasteiger partial charge in [-0.2, -0.15) is 0 Å². The Bertz CT molecular complexity index is 743. The lowest BCUT2D eigenvalue weighted by Gasteiger charge is -2.36. The Morgan fingerprint density at radius 3 is 2.38 bits per heavy atom. The second kappa shape index (κ2) is 7.99. The molecule has 2 aliphatic heterocycles. The summed E-state index contributed by atoms with van der Waals surface area (Å²) in [6, 6.07) is 8.15. The lowest BCUT2D eigenvalue weighted by atomic mass is 10.2. The second-order valence-electron chi connectivity index (χ2n) is 7.27. The van der Waals surface area contributed by atoms with Crippen LogP contribution in [0.2, 0.25) is 0 Å². The smallest absolute Gasteiger partial charge is 0.236 e. The van der Waals surface area contributed by atoms with Gasteiger partial charge in [0.25, 0.3) is 0 Å². The molecule has 138 valence electrons. The number of hydrogen-bond acceptors (Lipinski definition) is 5. The first-order valence-electron chi connectivity index (χ1n) is 9.76. The Hall–Kier alpha value is -2.21. The molecule has 3 heterocycles. The lowest BCUT2D eigenvalue weighted by Crippen LogP contribution is -2.50. The molecule has 0 bridgehead atoms. The zero-order valence-corrected chi connectivity index (χ0v) is 15.3. The molecule has 1 aromatic carbocycles. The van der Waals surface area contributed by atoms with Crippen molar-refractivity contribution in [1.29, 1.82) is 0 Å². The third kappa shape index (κ3) is 3.80. The average Bonchev–Trinajstić information content (AvgIpc) is 2.98. The van der Waals surface area contributed by atoms with Gasteiger partial charge in [-0.15, -0.1) is 0 Å². The Kier molecular flexibility index (Phi) is 5.29. The molecule has 6 nitrogen and oxygen atoms in total. The summed E-state index contributed by atoms with van der Waals surface area (Å²) in [4.78, 5) is 28.1. The summed E-state index contributed by atoms with van der Waals surface area (Å²) >= 11 is 0. The number of aromatic nitrogens is 2. The summed E-state index contributed by atoms with van der Waals surface area (Å²) < 4.78 is 0. The quantitative estimate of drug-likeness (QED) is 0.846. The maximum Gasteiger partial charge on any atom is 0.236 e. The zero-order chi connectivity index (χ0) is 17.8. The molecule has 0 radical (unpaired) electrons. The fourth-order valence-electron chi connectivity index (χ4n) is 3.97. The minimum absolute atomic E-state index is 0.299. The molecule has 0 N–H and O–H groups in total. The first-order chi connectivity index (χ1) is 12.8. The standard InChI is InChI=1S/C20H27N5O/c26-19(24-9-5-1-2-6-10-24)15-23-11-13-25(14-12-23)20-17-7-3-4-8-18(17)21-16-22-20/h3-4,7-8,16H,1-2,5-6,9-15H2. The molecule has 6 heteroatoms. The van der Waals surface area contributed by atoms with Crippen LogP contribution in [0.25, 0.3) is 10.9 Å². The van der Waals surface area contributed by atoms with Gasteiger partial charge in [-0.3, -0.25) is 9.69 Å². The van der Waals surface area contributed by atoms with Gasteiger partial charge in [-0.25, -0.2) is 9.97 Å². The molecule has 2 saturated heterocycles. The van der Waals surface area contributed by atoms with E-state index in [4.69, 9.17) is 0 Å². The summed E-state index contributed by atoms with van der Waals surface area (Å²) in [5.74, 6) is 1.31. The van der Waals surface area contributed by atoms with E-state index in [0.29, 0.717) is 12.5 Å². The van der Waals surface area contributed by atoms with Crippen molar-refractivity contribution in [2.75, 3.05) is 50.7 Å². The molecule has 0 spiro atoms. The maximum absolute atomic E-state index is 12.6. The van der Waals surface area contributed by atoms with Crippen molar-refractivity contribution in [1.82, 2.24) is 19.8 Å². The van der Waals surface area contributed by atoms with Crippen molar-refractivity contribution in [3.05, 3.63) is 30.6 Å². The van der Waals surface area contributed by atoms with Crippen LogP contribution in [0.15, 0.2) is 30.6 Å². The number of nitrogens with zero attached hydrogens (tertiary/aromatic N) is 5. The van der Waals surface area contributed by atoms with Crippen molar-refractivity contribution < 1.29 is 4.79 Å². The first-order valence-corrected chi connectivity index (χ1v) is 9.76. The molecule has 0 unspecified atom stereocenters. The summed E-state index contributed by atoms with van der Waals surface area (Å²) in [6.07, 6.45) is 6.47. The lowest BCUT2D eigenvalue weighted by molar-refractivity contribution is -0.132. The van der Waals surface area contributed by atoms with Gasteiger partial charge in [-0.1, -0.05) is 25.0 Å². The van der Waals surface area contributed by atoms with E-state index in [1.54, 1.807) is 6.33 Å². The number of amides is 1. The highest BCUT2D eigenvalue weighted by Crippen LogP contribution is 2.23. The number of rotatable bonds is 3.